The van der Waals surface area contributed by atoms with Gasteiger partial charge in [-0.15, -0.1) is 0 Å². The summed E-state index contributed by atoms with van der Waals surface area (Å²) in [6.45, 7) is 1.84. The summed E-state index contributed by atoms with van der Waals surface area (Å²) in [6.07, 6.45) is 0. The molecule has 2 aliphatic rings. The van der Waals surface area contributed by atoms with Crippen molar-refractivity contribution in [3.63, 3.8) is 0 Å². The number of ether oxygens (including phenoxy) is 1. The lowest BCUT2D eigenvalue weighted by Gasteiger charge is -2.13. The number of hydrogen-bond acceptors (Lipinski definition) is 4. The fourth-order valence-electron chi connectivity index (χ4n) is 3.31. The molecule has 0 fully saturated rings. The first kappa shape index (κ1) is 14.5. The van der Waals surface area contributed by atoms with Gasteiger partial charge in [0.1, 0.15) is 0 Å². The van der Waals surface area contributed by atoms with Crippen LogP contribution in [0.2, 0.25) is 0 Å². The summed E-state index contributed by atoms with van der Waals surface area (Å²) in [7, 11) is 3.56. The summed E-state index contributed by atoms with van der Waals surface area (Å²) < 4.78 is 4.88. The Hall–Kier alpha value is -2.04. The molecule has 0 aliphatic carbocycles. The zero-order chi connectivity index (χ0) is 16.0. The van der Waals surface area contributed by atoms with Crippen molar-refractivity contribution in [1.29, 1.82) is 0 Å². The minimum absolute atomic E-state index is 0.284. The van der Waals surface area contributed by atoms with Crippen LogP contribution >= 0.6 is 11.8 Å². The lowest BCUT2D eigenvalue weighted by Crippen LogP contribution is -2.15. The quantitative estimate of drug-likeness (QED) is 0.747. The molecule has 2 aliphatic heterocycles. The van der Waals surface area contributed by atoms with E-state index in [2.05, 4.69) is 36.2 Å². The maximum Gasteiger partial charge on any atom is 0.337 e. The van der Waals surface area contributed by atoms with Gasteiger partial charge in [-0.2, -0.15) is 0 Å². The number of carbonyl (C=O) groups is 1. The third kappa shape index (κ3) is 2.38. The highest BCUT2D eigenvalue weighted by Crippen LogP contribution is 2.46. The van der Waals surface area contributed by atoms with E-state index in [1.165, 1.54) is 33.6 Å². The van der Waals surface area contributed by atoms with Gasteiger partial charge in [0.25, 0.3) is 0 Å². The number of esters is 1. The van der Waals surface area contributed by atoms with Crippen molar-refractivity contribution >= 4 is 28.9 Å². The minimum Gasteiger partial charge on any atom is -0.465 e. The third-order valence-electron chi connectivity index (χ3n) is 4.38. The summed E-state index contributed by atoms with van der Waals surface area (Å²) in [6, 6.07) is 14.4. The first-order chi connectivity index (χ1) is 11.2. The molecule has 0 atom stereocenters. The Balaban J connectivity index is 1.94. The maximum atomic E-state index is 11.9. The van der Waals surface area contributed by atoms with E-state index in [9.17, 15) is 4.79 Å². The van der Waals surface area contributed by atoms with Gasteiger partial charge in [0.15, 0.2) is 0 Å². The van der Waals surface area contributed by atoms with Crippen LogP contribution in [0.4, 0.5) is 0 Å². The summed E-state index contributed by atoms with van der Waals surface area (Å²) in [5, 5.41) is 0. The SMILES string of the molecule is COC(=O)c1ccc2c(c1)C1=C(CN(C)C1)c1ccccc1S2. The second kappa shape index (κ2) is 5.55. The van der Waals surface area contributed by atoms with Crippen LogP contribution in [-0.2, 0) is 4.74 Å². The standard InChI is InChI=1S/C19H17NO2S/c1-20-10-15-13-5-3-4-6-17(13)23-18-8-7-12(19(21)22-2)9-14(18)16(15)11-20/h3-9H,10-11H2,1-2H3. The van der Waals surface area contributed by atoms with Crippen LogP contribution in [-0.4, -0.2) is 38.1 Å². The number of fused-ring (bicyclic) bond motifs is 4. The molecule has 0 unspecified atom stereocenters. The van der Waals surface area contributed by atoms with Crippen LogP contribution in [0.1, 0.15) is 21.5 Å². The van der Waals surface area contributed by atoms with Gasteiger partial charge in [-0.05, 0) is 53.6 Å². The highest BCUT2D eigenvalue weighted by atomic mass is 32.2. The number of nitrogens with zero attached hydrogens (tertiary/aromatic N) is 1. The van der Waals surface area contributed by atoms with E-state index in [-0.39, 0.29) is 5.97 Å². The Labute approximate surface area is 139 Å². The molecule has 0 saturated heterocycles. The molecule has 0 amide bonds. The van der Waals surface area contributed by atoms with E-state index in [0.717, 1.165) is 18.7 Å². The van der Waals surface area contributed by atoms with E-state index in [1.54, 1.807) is 11.8 Å². The molecular formula is C19H17NO2S. The van der Waals surface area contributed by atoms with E-state index >= 15 is 0 Å². The molecule has 0 spiro atoms. The van der Waals surface area contributed by atoms with Crippen LogP contribution in [0.25, 0.3) is 11.1 Å². The Morgan fingerprint density at radius 3 is 2.52 bits per heavy atom. The van der Waals surface area contributed by atoms with Gasteiger partial charge in [0.2, 0.25) is 0 Å². The predicted molar refractivity (Wildman–Crippen MR) is 92.7 cm³/mol. The molecule has 4 heteroatoms. The molecular weight excluding hydrogens is 306 g/mol. The molecule has 0 aromatic heterocycles. The first-order valence-corrected chi connectivity index (χ1v) is 8.39. The number of carbonyl (C=O) groups excluding carboxylic acids is 1. The lowest BCUT2D eigenvalue weighted by atomic mass is 9.96. The van der Waals surface area contributed by atoms with Crippen LogP contribution in [0, 0.1) is 0 Å². The van der Waals surface area contributed by atoms with Crippen LogP contribution in [0.15, 0.2) is 52.3 Å². The van der Waals surface area contributed by atoms with Crippen LogP contribution < -0.4 is 0 Å². The van der Waals surface area contributed by atoms with E-state index in [0.29, 0.717) is 5.56 Å². The molecule has 23 heavy (non-hydrogen) atoms. The molecule has 2 aromatic carbocycles. The number of benzene rings is 2. The lowest BCUT2D eigenvalue weighted by molar-refractivity contribution is 0.0600. The predicted octanol–water partition coefficient (Wildman–Crippen LogP) is 3.79. The van der Waals surface area contributed by atoms with Crippen LogP contribution in [0.3, 0.4) is 0 Å². The summed E-state index contributed by atoms with van der Waals surface area (Å²) in [5.41, 5.74) is 5.78. The summed E-state index contributed by atoms with van der Waals surface area (Å²) in [5.74, 6) is -0.284. The molecule has 2 heterocycles. The van der Waals surface area contributed by atoms with Gasteiger partial charge >= 0.3 is 5.97 Å². The van der Waals surface area contributed by atoms with Gasteiger partial charge in [-0.3, -0.25) is 4.90 Å². The topological polar surface area (TPSA) is 29.5 Å². The normalized spacial score (nSPS) is 16.4. The van der Waals surface area contributed by atoms with E-state index in [1.807, 2.05) is 18.2 Å². The molecule has 116 valence electrons. The largest absolute Gasteiger partial charge is 0.465 e. The zero-order valence-corrected chi connectivity index (χ0v) is 13.9. The highest BCUT2D eigenvalue weighted by molar-refractivity contribution is 7.99. The molecule has 0 N–H and O–H groups in total. The van der Waals surface area contributed by atoms with Crippen molar-refractivity contribution in [1.82, 2.24) is 4.90 Å². The van der Waals surface area contributed by atoms with Crippen LogP contribution in [0.5, 0.6) is 0 Å². The highest BCUT2D eigenvalue weighted by Gasteiger charge is 2.28. The third-order valence-corrected chi connectivity index (χ3v) is 5.53. The van der Waals surface area contributed by atoms with Crippen molar-refractivity contribution in [3.8, 4) is 0 Å². The van der Waals surface area contributed by atoms with Gasteiger partial charge in [0, 0.05) is 22.9 Å². The van der Waals surface area contributed by atoms with Crippen molar-refractivity contribution in [3.05, 3.63) is 59.2 Å². The first-order valence-electron chi connectivity index (χ1n) is 7.58. The summed E-state index contributed by atoms with van der Waals surface area (Å²) in [4.78, 5) is 16.7. The Morgan fingerprint density at radius 2 is 1.74 bits per heavy atom. The smallest absolute Gasteiger partial charge is 0.337 e. The average molecular weight is 323 g/mol. The molecule has 0 saturated carbocycles. The minimum atomic E-state index is -0.284. The number of likely N-dealkylation sites (N-methyl/N-ethyl adjacent to an activating group) is 1. The molecule has 4 rings (SSSR count). The number of methoxy groups -OCH3 is 1. The van der Waals surface area contributed by atoms with Gasteiger partial charge < -0.3 is 4.74 Å². The second-order valence-corrected chi connectivity index (χ2v) is 7.01. The second-order valence-electron chi connectivity index (χ2n) is 5.93. The fourth-order valence-corrected chi connectivity index (χ4v) is 4.42. The monoisotopic (exact) mass is 323 g/mol. The Morgan fingerprint density at radius 1 is 1.04 bits per heavy atom. The molecule has 3 nitrogen and oxygen atoms in total. The maximum absolute atomic E-state index is 11.9. The van der Waals surface area contributed by atoms with Gasteiger partial charge in [0.05, 0.1) is 12.7 Å². The van der Waals surface area contributed by atoms with Crippen molar-refractivity contribution in [2.75, 3.05) is 27.2 Å². The Kier molecular flexibility index (Phi) is 3.51. The van der Waals surface area contributed by atoms with Crippen molar-refractivity contribution in [2.24, 2.45) is 0 Å². The van der Waals surface area contributed by atoms with Gasteiger partial charge in [-0.25, -0.2) is 4.79 Å². The summed E-state index contributed by atoms with van der Waals surface area (Å²) >= 11 is 1.78. The molecule has 0 radical (unpaired) electrons. The van der Waals surface area contributed by atoms with E-state index < -0.39 is 0 Å². The number of hydrogen-bond donors (Lipinski definition) is 0. The fraction of sp³-hybridized carbons (Fsp3) is 0.211. The molecule has 0 bridgehead atoms. The van der Waals surface area contributed by atoms with Gasteiger partial charge in [-0.1, -0.05) is 30.0 Å². The van der Waals surface area contributed by atoms with E-state index in [4.69, 9.17) is 4.74 Å². The Bertz CT molecular complexity index is 841. The van der Waals surface area contributed by atoms with Crippen molar-refractivity contribution in [2.45, 2.75) is 9.79 Å². The zero-order valence-electron chi connectivity index (χ0n) is 13.1. The number of rotatable bonds is 1. The average Bonchev–Trinajstić information content (AvgIpc) is 2.91. The van der Waals surface area contributed by atoms with Crippen molar-refractivity contribution < 1.29 is 9.53 Å². The molecule has 2 aromatic rings.